The summed E-state index contributed by atoms with van der Waals surface area (Å²) in [5, 5.41) is 20.9. The van der Waals surface area contributed by atoms with Crippen molar-refractivity contribution >= 4 is 0 Å². The van der Waals surface area contributed by atoms with Gasteiger partial charge in [-0.1, -0.05) is 0 Å². The molecule has 66 valence electrons. The molecule has 1 fully saturated rings. The lowest BCUT2D eigenvalue weighted by Crippen LogP contribution is -2.39. The lowest BCUT2D eigenvalue weighted by molar-refractivity contribution is 0.185. The van der Waals surface area contributed by atoms with E-state index >= 15 is 0 Å². The second kappa shape index (κ2) is 3.52. The van der Waals surface area contributed by atoms with Gasteiger partial charge in [0.1, 0.15) is 0 Å². The van der Waals surface area contributed by atoms with Crippen molar-refractivity contribution in [2.75, 3.05) is 19.8 Å². The highest BCUT2D eigenvalue weighted by Gasteiger charge is 2.33. The van der Waals surface area contributed by atoms with Gasteiger partial charge in [-0.3, -0.25) is 0 Å². The normalized spacial score (nSPS) is 37.9. The van der Waals surface area contributed by atoms with Crippen LogP contribution < -0.4 is 5.32 Å². The van der Waals surface area contributed by atoms with Gasteiger partial charge in [-0.05, 0) is 32.2 Å². The van der Waals surface area contributed by atoms with Crippen LogP contribution >= 0.6 is 0 Å². The van der Waals surface area contributed by atoms with Crippen LogP contribution in [0.3, 0.4) is 0 Å². The monoisotopic (exact) mass is 159 g/mol. The van der Waals surface area contributed by atoms with Crippen LogP contribution in [0.1, 0.15) is 19.8 Å². The lowest BCUT2D eigenvalue weighted by Gasteiger charge is -2.20. The topological polar surface area (TPSA) is 52.5 Å². The average Bonchev–Trinajstić information content (AvgIpc) is 2.35. The SMILES string of the molecule is CC1(CO)CC(CCO)CN1. The lowest BCUT2D eigenvalue weighted by atomic mass is 9.94. The molecule has 0 aromatic rings. The summed E-state index contributed by atoms with van der Waals surface area (Å²) in [5.41, 5.74) is -0.0974. The minimum Gasteiger partial charge on any atom is -0.396 e. The van der Waals surface area contributed by atoms with Gasteiger partial charge >= 0.3 is 0 Å². The summed E-state index contributed by atoms with van der Waals surface area (Å²) < 4.78 is 0. The molecule has 0 spiro atoms. The zero-order valence-corrected chi connectivity index (χ0v) is 7.01. The van der Waals surface area contributed by atoms with Gasteiger partial charge in [0.15, 0.2) is 0 Å². The standard InChI is InChI=1S/C8H17NO2/c1-8(6-11)4-7(2-3-10)5-9-8/h7,9-11H,2-6H2,1H3. The Morgan fingerprint density at radius 3 is 2.73 bits per heavy atom. The summed E-state index contributed by atoms with van der Waals surface area (Å²) in [6, 6.07) is 0. The molecule has 1 heterocycles. The maximum absolute atomic E-state index is 8.99. The Labute approximate surface area is 67.4 Å². The summed E-state index contributed by atoms with van der Waals surface area (Å²) in [5.74, 6) is 0.539. The number of hydrogen-bond donors (Lipinski definition) is 3. The second-order valence-electron chi connectivity index (χ2n) is 3.68. The van der Waals surface area contributed by atoms with Gasteiger partial charge in [0, 0.05) is 12.1 Å². The molecule has 0 bridgehead atoms. The van der Waals surface area contributed by atoms with Crippen LogP contribution in [0.5, 0.6) is 0 Å². The molecule has 0 saturated carbocycles. The van der Waals surface area contributed by atoms with Crippen LogP contribution in [0.25, 0.3) is 0 Å². The van der Waals surface area contributed by atoms with E-state index in [9.17, 15) is 0 Å². The molecule has 3 heteroatoms. The summed E-state index contributed by atoms with van der Waals surface area (Å²) in [4.78, 5) is 0. The molecule has 3 nitrogen and oxygen atoms in total. The Bertz CT molecular complexity index is 129. The van der Waals surface area contributed by atoms with E-state index in [-0.39, 0.29) is 18.8 Å². The highest BCUT2D eigenvalue weighted by atomic mass is 16.3. The molecule has 2 atom stereocenters. The maximum Gasteiger partial charge on any atom is 0.0610 e. The third-order valence-electron chi connectivity index (χ3n) is 2.44. The number of nitrogens with one attached hydrogen (secondary N) is 1. The Morgan fingerprint density at radius 1 is 1.55 bits per heavy atom. The van der Waals surface area contributed by atoms with E-state index in [0.29, 0.717) is 5.92 Å². The molecule has 3 N–H and O–H groups in total. The maximum atomic E-state index is 8.99. The average molecular weight is 159 g/mol. The third-order valence-corrected chi connectivity index (χ3v) is 2.44. The molecule has 11 heavy (non-hydrogen) atoms. The van der Waals surface area contributed by atoms with Crippen LogP contribution in [-0.4, -0.2) is 35.5 Å². The first-order chi connectivity index (χ1) is 5.20. The van der Waals surface area contributed by atoms with Crippen molar-refractivity contribution in [2.24, 2.45) is 5.92 Å². The molecule has 2 unspecified atom stereocenters. The fraction of sp³-hybridized carbons (Fsp3) is 1.00. The largest absolute Gasteiger partial charge is 0.396 e. The molecular formula is C8H17NO2. The Morgan fingerprint density at radius 2 is 2.27 bits per heavy atom. The smallest absolute Gasteiger partial charge is 0.0610 e. The van der Waals surface area contributed by atoms with Crippen molar-refractivity contribution in [3.8, 4) is 0 Å². The Kier molecular flexibility index (Phi) is 2.87. The first kappa shape index (κ1) is 8.97. The van der Waals surface area contributed by atoms with Crippen molar-refractivity contribution < 1.29 is 10.2 Å². The van der Waals surface area contributed by atoms with Crippen molar-refractivity contribution in [3.63, 3.8) is 0 Å². The van der Waals surface area contributed by atoms with Crippen molar-refractivity contribution in [1.29, 1.82) is 0 Å². The van der Waals surface area contributed by atoms with E-state index in [1.54, 1.807) is 0 Å². The van der Waals surface area contributed by atoms with Gasteiger partial charge in [0.25, 0.3) is 0 Å². The van der Waals surface area contributed by atoms with Gasteiger partial charge in [0.2, 0.25) is 0 Å². The minimum absolute atomic E-state index is 0.0974. The van der Waals surface area contributed by atoms with Gasteiger partial charge in [-0.25, -0.2) is 0 Å². The minimum atomic E-state index is -0.0974. The van der Waals surface area contributed by atoms with E-state index in [1.165, 1.54) is 0 Å². The van der Waals surface area contributed by atoms with Crippen LogP contribution in [0.2, 0.25) is 0 Å². The molecule has 1 aliphatic rings. The van der Waals surface area contributed by atoms with Gasteiger partial charge in [-0.15, -0.1) is 0 Å². The third kappa shape index (κ3) is 2.15. The fourth-order valence-corrected chi connectivity index (χ4v) is 1.68. The zero-order chi connectivity index (χ0) is 8.32. The van der Waals surface area contributed by atoms with Crippen molar-refractivity contribution in [1.82, 2.24) is 5.32 Å². The van der Waals surface area contributed by atoms with Gasteiger partial charge < -0.3 is 15.5 Å². The van der Waals surface area contributed by atoms with E-state index in [2.05, 4.69) is 5.32 Å². The summed E-state index contributed by atoms with van der Waals surface area (Å²) in [6.07, 6.45) is 1.83. The number of rotatable bonds is 3. The van der Waals surface area contributed by atoms with E-state index in [0.717, 1.165) is 19.4 Å². The van der Waals surface area contributed by atoms with Crippen LogP contribution in [-0.2, 0) is 0 Å². The first-order valence-corrected chi connectivity index (χ1v) is 4.17. The number of hydrogen-bond acceptors (Lipinski definition) is 3. The molecule has 0 amide bonds. The molecular weight excluding hydrogens is 142 g/mol. The zero-order valence-electron chi connectivity index (χ0n) is 7.01. The quantitative estimate of drug-likeness (QED) is 0.531. The van der Waals surface area contributed by atoms with E-state index in [1.807, 2.05) is 6.92 Å². The molecule has 0 radical (unpaired) electrons. The van der Waals surface area contributed by atoms with Crippen molar-refractivity contribution in [3.05, 3.63) is 0 Å². The van der Waals surface area contributed by atoms with E-state index in [4.69, 9.17) is 10.2 Å². The fourth-order valence-electron chi connectivity index (χ4n) is 1.68. The van der Waals surface area contributed by atoms with Gasteiger partial charge in [0.05, 0.1) is 6.61 Å². The van der Waals surface area contributed by atoms with Crippen molar-refractivity contribution in [2.45, 2.75) is 25.3 Å². The number of aliphatic hydroxyl groups is 2. The predicted molar refractivity (Wildman–Crippen MR) is 43.3 cm³/mol. The summed E-state index contributed by atoms with van der Waals surface area (Å²) in [6.45, 7) is 3.39. The molecule has 0 aromatic carbocycles. The molecule has 1 saturated heterocycles. The van der Waals surface area contributed by atoms with Crippen LogP contribution in [0.4, 0.5) is 0 Å². The molecule has 0 aromatic heterocycles. The molecule has 1 aliphatic heterocycles. The van der Waals surface area contributed by atoms with Gasteiger partial charge in [-0.2, -0.15) is 0 Å². The summed E-state index contributed by atoms with van der Waals surface area (Å²) in [7, 11) is 0. The van der Waals surface area contributed by atoms with Crippen LogP contribution in [0.15, 0.2) is 0 Å². The highest BCUT2D eigenvalue weighted by Crippen LogP contribution is 2.25. The molecule has 0 aliphatic carbocycles. The highest BCUT2D eigenvalue weighted by molar-refractivity contribution is 4.92. The Hall–Kier alpha value is -0.120. The molecule has 1 rings (SSSR count). The number of aliphatic hydroxyl groups excluding tert-OH is 2. The summed E-state index contributed by atoms with van der Waals surface area (Å²) >= 11 is 0. The second-order valence-corrected chi connectivity index (χ2v) is 3.68. The predicted octanol–water partition coefficient (Wildman–Crippen LogP) is -0.271. The first-order valence-electron chi connectivity index (χ1n) is 4.17. The Balaban J connectivity index is 2.33. The van der Waals surface area contributed by atoms with Crippen LogP contribution in [0, 0.1) is 5.92 Å². The van der Waals surface area contributed by atoms with E-state index < -0.39 is 0 Å².